The topological polar surface area (TPSA) is 137 Å². The van der Waals surface area contributed by atoms with Crippen LogP contribution >= 0.6 is 11.8 Å². The number of halogens is 3. The standard InChI is InChI=1S/C32H36F3N5O4S/c1-19(2)28(36)29(42)39-25-18-45-27-15-23(32(33,34)35)11-12-26(27)40(30(25)43)17-20-7-9-21(10-8-20)24-6-4-3-5-22(24)16-38-31(44)37-13-14-41/h3-12,15,19,25,28,41H,13-14,16-18,36H2,1-2H3,(H,39,42)(H2,37,38,44)/t25-,28?/m1/s1. The second-order valence-electron chi connectivity index (χ2n) is 10.9. The maximum absolute atomic E-state index is 13.8. The predicted octanol–water partition coefficient (Wildman–Crippen LogP) is 4.27. The molecule has 3 aromatic carbocycles. The molecule has 6 N–H and O–H groups in total. The number of hydrogen-bond acceptors (Lipinski definition) is 6. The molecule has 1 aliphatic heterocycles. The number of rotatable bonds is 10. The molecule has 4 rings (SSSR count). The van der Waals surface area contributed by atoms with E-state index in [0.29, 0.717) is 11.3 Å². The van der Waals surface area contributed by atoms with Crippen LogP contribution in [-0.4, -0.2) is 53.9 Å². The zero-order valence-electron chi connectivity index (χ0n) is 24.9. The van der Waals surface area contributed by atoms with Gasteiger partial charge in [-0.25, -0.2) is 4.79 Å². The van der Waals surface area contributed by atoms with Crippen molar-refractivity contribution in [1.82, 2.24) is 16.0 Å². The van der Waals surface area contributed by atoms with E-state index in [1.807, 2.05) is 48.5 Å². The summed E-state index contributed by atoms with van der Waals surface area (Å²) in [5.41, 5.74) is 8.80. The molecule has 45 heavy (non-hydrogen) atoms. The second-order valence-corrected chi connectivity index (χ2v) is 12.0. The molecule has 13 heteroatoms. The van der Waals surface area contributed by atoms with E-state index < -0.39 is 41.7 Å². The minimum atomic E-state index is -4.56. The Morgan fingerprint density at radius 2 is 1.78 bits per heavy atom. The van der Waals surface area contributed by atoms with Gasteiger partial charge in [0.25, 0.3) is 5.91 Å². The number of aliphatic hydroxyl groups excluding tert-OH is 1. The molecule has 1 heterocycles. The number of aliphatic hydroxyl groups is 1. The fourth-order valence-corrected chi connectivity index (χ4v) is 5.86. The average Bonchev–Trinajstić information content (AvgIpc) is 3.14. The van der Waals surface area contributed by atoms with Gasteiger partial charge in [0.05, 0.1) is 30.4 Å². The number of anilines is 1. The van der Waals surface area contributed by atoms with Crippen molar-refractivity contribution in [2.24, 2.45) is 11.7 Å². The monoisotopic (exact) mass is 643 g/mol. The highest BCUT2D eigenvalue weighted by molar-refractivity contribution is 7.99. The fraction of sp³-hybridized carbons (Fsp3) is 0.344. The summed E-state index contributed by atoms with van der Waals surface area (Å²) >= 11 is 1.08. The van der Waals surface area contributed by atoms with Crippen molar-refractivity contribution in [3.8, 4) is 11.1 Å². The summed E-state index contributed by atoms with van der Waals surface area (Å²) in [6, 6.07) is 15.9. The molecule has 0 spiro atoms. The minimum Gasteiger partial charge on any atom is -0.395 e. The van der Waals surface area contributed by atoms with Gasteiger partial charge >= 0.3 is 12.2 Å². The zero-order valence-corrected chi connectivity index (χ0v) is 25.7. The number of fused-ring (bicyclic) bond motifs is 1. The van der Waals surface area contributed by atoms with Crippen LogP contribution in [0.3, 0.4) is 0 Å². The number of nitrogens with zero attached hydrogens (tertiary/aromatic N) is 1. The molecule has 0 saturated carbocycles. The summed E-state index contributed by atoms with van der Waals surface area (Å²) < 4.78 is 40.6. The lowest BCUT2D eigenvalue weighted by atomic mass is 9.98. The lowest BCUT2D eigenvalue weighted by Gasteiger charge is -2.27. The van der Waals surface area contributed by atoms with Gasteiger partial charge in [-0.05, 0) is 46.4 Å². The summed E-state index contributed by atoms with van der Waals surface area (Å²) in [4.78, 5) is 40.2. The number of hydrogen-bond donors (Lipinski definition) is 5. The quantitative estimate of drug-likeness (QED) is 0.224. The number of urea groups is 1. The van der Waals surface area contributed by atoms with Crippen LogP contribution in [0.25, 0.3) is 11.1 Å². The van der Waals surface area contributed by atoms with Crippen LogP contribution in [0.4, 0.5) is 23.7 Å². The van der Waals surface area contributed by atoms with Crippen molar-refractivity contribution in [3.63, 3.8) is 0 Å². The van der Waals surface area contributed by atoms with Crippen molar-refractivity contribution >= 4 is 35.3 Å². The lowest BCUT2D eigenvalue weighted by Crippen LogP contribution is -2.54. The largest absolute Gasteiger partial charge is 0.416 e. The van der Waals surface area contributed by atoms with Crippen LogP contribution in [0.2, 0.25) is 0 Å². The first-order valence-electron chi connectivity index (χ1n) is 14.4. The summed E-state index contributed by atoms with van der Waals surface area (Å²) in [5, 5.41) is 16.9. The van der Waals surface area contributed by atoms with Crippen molar-refractivity contribution < 1.29 is 32.7 Å². The molecule has 4 amide bonds. The smallest absolute Gasteiger partial charge is 0.395 e. The first-order valence-corrected chi connectivity index (χ1v) is 15.4. The predicted molar refractivity (Wildman–Crippen MR) is 167 cm³/mol. The summed E-state index contributed by atoms with van der Waals surface area (Å²) in [7, 11) is 0. The first-order chi connectivity index (χ1) is 21.4. The van der Waals surface area contributed by atoms with Gasteiger partial charge < -0.3 is 31.7 Å². The molecule has 1 aliphatic rings. The van der Waals surface area contributed by atoms with E-state index in [-0.39, 0.29) is 42.8 Å². The lowest BCUT2D eigenvalue weighted by molar-refractivity contribution is -0.137. The number of carbonyl (C=O) groups excluding carboxylic acids is 3. The SMILES string of the molecule is CC(C)C(N)C(=O)N[C@@H]1CSc2cc(C(F)(F)F)ccc2N(Cc2ccc(-c3ccccc3CNC(=O)NCCO)cc2)C1=O. The summed E-state index contributed by atoms with van der Waals surface area (Å²) in [6.45, 7) is 3.83. The molecule has 0 bridgehead atoms. The van der Waals surface area contributed by atoms with E-state index in [1.54, 1.807) is 13.8 Å². The molecule has 3 aromatic rings. The second kappa shape index (κ2) is 14.8. The minimum absolute atomic E-state index is 0.0436. The van der Waals surface area contributed by atoms with Crippen LogP contribution in [0.15, 0.2) is 71.6 Å². The fourth-order valence-electron chi connectivity index (χ4n) is 4.75. The van der Waals surface area contributed by atoms with Gasteiger partial charge in [-0.1, -0.05) is 62.4 Å². The highest BCUT2D eigenvalue weighted by Crippen LogP contribution is 2.40. The molecule has 9 nitrogen and oxygen atoms in total. The Kier molecular flexibility index (Phi) is 11.1. The molecular formula is C32H36F3N5O4S. The molecular weight excluding hydrogens is 607 g/mol. The van der Waals surface area contributed by atoms with Crippen molar-refractivity contribution in [3.05, 3.63) is 83.4 Å². The number of amides is 4. The number of carbonyl (C=O) groups is 3. The van der Waals surface area contributed by atoms with Gasteiger partial charge in [-0.15, -0.1) is 11.8 Å². The van der Waals surface area contributed by atoms with Gasteiger partial charge in [0.2, 0.25) is 5.91 Å². The highest BCUT2D eigenvalue weighted by atomic mass is 32.2. The van der Waals surface area contributed by atoms with Gasteiger partial charge in [0.1, 0.15) is 6.04 Å². The van der Waals surface area contributed by atoms with Crippen molar-refractivity contribution in [1.29, 1.82) is 0 Å². The number of alkyl halides is 3. The number of thioether (sulfide) groups is 1. The molecule has 0 fully saturated rings. The average molecular weight is 644 g/mol. The summed E-state index contributed by atoms with van der Waals surface area (Å²) in [5.74, 6) is -1.09. The van der Waals surface area contributed by atoms with Crippen LogP contribution < -0.4 is 26.6 Å². The Morgan fingerprint density at radius 3 is 2.44 bits per heavy atom. The van der Waals surface area contributed by atoms with Gasteiger partial charge in [0.15, 0.2) is 0 Å². The van der Waals surface area contributed by atoms with Crippen LogP contribution in [0.1, 0.15) is 30.5 Å². The van der Waals surface area contributed by atoms with Crippen LogP contribution in [0, 0.1) is 5.92 Å². The van der Waals surface area contributed by atoms with E-state index in [9.17, 15) is 27.6 Å². The summed E-state index contributed by atoms with van der Waals surface area (Å²) in [6.07, 6.45) is -4.56. The van der Waals surface area contributed by atoms with E-state index >= 15 is 0 Å². The number of nitrogens with one attached hydrogen (secondary N) is 3. The molecule has 2 atom stereocenters. The molecule has 240 valence electrons. The van der Waals surface area contributed by atoms with E-state index in [1.165, 1.54) is 11.0 Å². The molecule has 0 radical (unpaired) electrons. The Hall–Kier alpha value is -4.07. The normalized spacial score (nSPS) is 15.7. The Labute approximate surface area is 263 Å². The third-order valence-electron chi connectivity index (χ3n) is 7.34. The molecule has 0 aliphatic carbocycles. The molecule has 1 unspecified atom stereocenters. The third kappa shape index (κ3) is 8.56. The van der Waals surface area contributed by atoms with E-state index in [0.717, 1.165) is 40.6 Å². The highest BCUT2D eigenvalue weighted by Gasteiger charge is 2.36. The third-order valence-corrected chi connectivity index (χ3v) is 8.48. The van der Waals surface area contributed by atoms with Crippen molar-refractivity contribution in [2.45, 2.75) is 50.1 Å². The van der Waals surface area contributed by atoms with Crippen molar-refractivity contribution in [2.75, 3.05) is 23.8 Å². The van der Waals surface area contributed by atoms with Gasteiger partial charge in [0, 0.05) is 23.7 Å². The Morgan fingerprint density at radius 1 is 1.07 bits per heavy atom. The first kappa shape index (κ1) is 33.8. The van der Waals surface area contributed by atoms with Crippen LogP contribution in [-0.2, 0) is 28.9 Å². The van der Waals surface area contributed by atoms with E-state index in [2.05, 4.69) is 16.0 Å². The molecule has 0 saturated heterocycles. The number of nitrogens with two attached hydrogens (primary N) is 1. The maximum atomic E-state index is 13.8. The van der Waals surface area contributed by atoms with Gasteiger partial charge in [-0.3, -0.25) is 9.59 Å². The molecule has 0 aromatic heterocycles. The van der Waals surface area contributed by atoms with Gasteiger partial charge in [-0.2, -0.15) is 13.2 Å². The van der Waals surface area contributed by atoms with Crippen LogP contribution in [0.5, 0.6) is 0 Å². The Bertz CT molecular complexity index is 1520. The Balaban J connectivity index is 1.60. The van der Waals surface area contributed by atoms with E-state index in [4.69, 9.17) is 10.8 Å². The zero-order chi connectivity index (χ0) is 32.7. The maximum Gasteiger partial charge on any atom is 0.416 e. The number of benzene rings is 3.